The lowest BCUT2D eigenvalue weighted by molar-refractivity contribution is -0.118. The molecule has 0 unspecified atom stereocenters. The Morgan fingerprint density at radius 3 is 2.62 bits per heavy atom. The molecule has 1 aromatic heterocycles. The van der Waals surface area contributed by atoms with Gasteiger partial charge >= 0.3 is 0 Å². The minimum atomic E-state index is -0.0541. The zero-order valence-electron chi connectivity index (χ0n) is 16.5. The van der Waals surface area contributed by atoms with E-state index in [1.54, 1.807) is 7.11 Å². The van der Waals surface area contributed by atoms with Gasteiger partial charge < -0.3 is 19.4 Å². The lowest BCUT2D eigenvalue weighted by Crippen LogP contribution is -2.29. The van der Waals surface area contributed by atoms with E-state index >= 15 is 0 Å². The van der Waals surface area contributed by atoms with Crippen molar-refractivity contribution >= 4 is 23.4 Å². The van der Waals surface area contributed by atoms with Crippen LogP contribution in [0.4, 0.5) is 5.69 Å². The number of carbonyl (C=O) groups excluding carboxylic acids is 1. The first kappa shape index (κ1) is 20.7. The van der Waals surface area contributed by atoms with E-state index in [1.807, 2.05) is 49.5 Å². The van der Waals surface area contributed by atoms with Gasteiger partial charge in [-0.15, -0.1) is 10.2 Å². The van der Waals surface area contributed by atoms with Crippen molar-refractivity contribution in [2.24, 2.45) is 0 Å². The minimum Gasteiger partial charge on any atom is -0.497 e. The molecule has 8 heteroatoms. The van der Waals surface area contributed by atoms with Crippen molar-refractivity contribution in [3.05, 3.63) is 54.6 Å². The molecule has 0 atom stereocenters. The molecular formula is C21H24N4O3S. The number of thioether (sulfide) groups is 1. The Morgan fingerprint density at radius 1 is 1.14 bits per heavy atom. The highest BCUT2D eigenvalue weighted by Gasteiger charge is 2.11. The molecule has 7 nitrogen and oxygen atoms in total. The molecule has 0 saturated carbocycles. The SMILES string of the molecule is COc1ccc(-c2nnc(SCC(=O)NCCCN(C)c3ccccc3)o2)cc1. The van der Waals surface area contributed by atoms with Gasteiger partial charge in [-0.3, -0.25) is 4.79 Å². The summed E-state index contributed by atoms with van der Waals surface area (Å²) in [6.45, 7) is 1.49. The zero-order chi connectivity index (χ0) is 20.5. The van der Waals surface area contributed by atoms with E-state index in [2.05, 4.69) is 32.5 Å². The number of aromatic nitrogens is 2. The standard InChI is InChI=1S/C21H24N4O3S/c1-25(17-7-4-3-5-8-17)14-6-13-22-19(26)15-29-21-24-23-20(28-21)16-9-11-18(27-2)12-10-16/h3-5,7-12H,6,13-15H2,1-2H3,(H,22,26). The summed E-state index contributed by atoms with van der Waals surface area (Å²) >= 11 is 1.23. The molecule has 0 saturated heterocycles. The van der Waals surface area contributed by atoms with E-state index in [0.717, 1.165) is 24.3 Å². The van der Waals surface area contributed by atoms with Crippen LogP contribution in [0.3, 0.4) is 0 Å². The first-order valence-corrected chi connectivity index (χ1v) is 10.3. The molecule has 0 spiro atoms. The number of nitrogens with zero attached hydrogens (tertiary/aromatic N) is 3. The molecule has 2 aromatic carbocycles. The summed E-state index contributed by atoms with van der Waals surface area (Å²) in [6.07, 6.45) is 0.865. The number of benzene rings is 2. The Bertz CT molecular complexity index is 900. The third-order valence-electron chi connectivity index (χ3n) is 4.26. The summed E-state index contributed by atoms with van der Waals surface area (Å²) < 4.78 is 10.7. The molecule has 1 amide bonds. The van der Waals surface area contributed by atoms with Crippen molar-refractivity contribution in [1.29, 1.82) is 0 Å². The van der Waals surface area contributed by atoms with E-state index in [1.165, 1.54) is 17.4 Å². The highest BCUT2D eigenvalue weighted by Crippen LogP contribution is 2.24. The van der Waals surface area contributed by atoms with Gasteiger partial charge in [0.1, 0.15) is 5.75 Å². The van der Waals surface area contributed by atoms with Crippen LogP contribution >= 0.6 is 11.8 Å². The van der Waals surface area contributed by atoms with Crippen LogP contribution in [0.2, 0.25) is 0 Å². The lowest BCUT2D eigenvalue weighted by atomic mass is 10.2. The van der Waals surface area contributed by atoms with Gasteiger partial charge in [-0.2, -0.15) is 0 Å². The molecule has 0 aliphatic carbocycles. The van der Waals surface area contributed by atoms with Gasteiger partial charge in [-0.1, -0.05) is 30.0 Å². The van der Waals surface area contributed by atoms with Gasteiger partial charge in [0.25, 0.3) is 5.22 Å². The van der Waals surface area contributed by atoms with Gasteiger partial charge in [0.2, 0.25) is 11.8 Å². The smallest absolute Gasteiger partial charge is 0.277 e. The van der Waals surface area contributed by atoms with Crippen LogP contribution in [0.25, 0.3) is 11.5 Å². The maximum Gasteiger partial charge on any atom is 0.277 e. The second-order valence-corrected chi connectivity index (χ2v) is 7.28. The van der Waals surface area contributed by atoms with Crippen molar-refractivity contribution in [1.82, 2.24) is 15.5 Å². The van der Waals surface area contributed by atoms with E-state index < -0.39 is 0 Å². The first-order chi connectivity index (χ1) is 14.2. The number of anilines is 1. The normalized spacial score (nSPS) is 10.6. The maximum absolute atomic E-state index is 12.0. The summed E-state index contributed by atoms with van der Waals surface area (Å²) in [6, 6.07) is 17.5. The minimum absolute atomic E-state index is 0.0541. The number of hydrogen-bond donors (Lipinski definition) is 1. The largest absolute Gasteiger partial charge is 0.497 e. The zero-order valence-corrected chi connectivity index (χ0v) is 17.3. The second kappa shape index (κ2) is 10.5. The van der Waals surface area contributed by atoms with E-state index in [-0.39, 0.29) is 11.7 Å². The van der Waals surface area contributed by atoms with Gasteiger partial charge in [0.05, 0.1) is 12.9 Å². The van der Waals surface area contributed by atoms with Crippen molar-refractivity contribution in [3.8, 4) is 17.2 Å². The number of amides is 1. The molecule has 3 rings (SSSR count). The number of ether oxygens (including phenoxy) is 1. The van der Waals surface area contributed by atoms with E-state index in [4.69, 9.17) is 9.15 Å². The topological polar surface area (TPSA) is 80.5 Å². The number of nitrogens with one attached hydrogen (secondary N) is 1. The molecule has 0 aliphatic heterocycles. The molecule has 0 fully saturated rings. The van der Waals surface area contributed by atoms with Gasteiger partial charge in [-0.05, 0) is 42.8 Å². The van der Waals surface area contributed by atoms with Crippen molar-refractivity contribution < 1.29 is 13.9 Å². The van der Waals surface area contributed by atoms with Crippen molar-refractivity contribution in [2.45, 2.75) is 11.6 Å². The Hall–Kier alpha value is -3.00. The molecule has 0 aliphatic rings. The summed E-state index contributed by atoms with van der Waals surface area (Å²) in [5.74, 6) is 1.36. The highest BCUT2D eigenvalue weighted by atomic mass is 32.2. The Labute approximate surface area is 174 Å². The highest BCUT2D eigenvalue weighted by molar-refractivity contribution is 7.99. The molecule has 29 heavy (non-hydrogen) atoms. The first-order valence-electron chi connectivity index (χ1n) is 9.29. The molecular weight excluding hydrogens is 388 g/mol. The predicted octanol–water partition coefficient (Wildman–Crippen LogP) is 3.48. The summed E-state index contributed by atoms with van der Waals surface area (Å²) in [7, 11) is 3.66. The predicted molar refractivity (Wildman–Crippen MR) is 114 cm³/mol. The fourth-order valence-electron chi connectivity index (χ4n) is 2.65. The molecule has 0 bridgehead atoms. The number of methoxy groups -OCH3 is 1. The lowest BCUT2D eigenvalue weighted by Gasteiger charge is -2.19. The maximum atomic E-state index is 12.0. The van der Waals surface area contributed by atoms with Crippen LogP contribution in [0.5, 0.6) is 5.75 Å². The van der Waals surface area contributed by atoms with Crippen LogP contribution in [-0.4, -0.2) is 49.1 Å². The molecule has 152 valence electrons. The quantitative estimate of drug-likeness (QED) is 0.403. The average molecular weight is 413 g/mol. The summed E-state index contributed by atoms with van der Waals surface area (Å²) in [5.41, 5.74) is 1.97. The average Bonchev–Trinajstić information content (AvgIpc) is 3.25. The molecule has 0 radical (unpaired) electrons. The van der Waals surface area contributed by atoms with Crippen LogP contribution in [0.15, 0.2) is 64.2 Å². The Balaban J connectivity index is 1.37. The van der Waals surface area contributed by atoms with Gasteiger partial charge in [0.15, 0.2) is 0 Å². The van der Waals surface area contributed by atoms with Gasteiger partial charge in [-0.25, -0.2) is 0 Å². The monoisotopic (exact) mass is 412 g/mol. The third kappa shape index (κ3) is 6.25. The van der Waals surface area contributed by atoms with Crippen LogP contribution in [0.1, 0.15) is 6.42 Å². The van der Waals surface area contributed by atoms with Crippen LogP contribution < -0.4 is 15.0 Å². The molecule has 1 heterocycles. The summed E-state index contributed by atoms with van der Waals surface area (Å²) in [4.78, 5) is 14.2. The summed E-state index contributed by atoms with van der Waals surface area (Å²) in [5, 5.41) is 11.3. The number of hydrogen-bond acceptors (Lipinski definition) is 7. The van der Waals surface area contributed by atoms with E-state index in [0.29, 0.717) is 17.7 Å². The van der Waals surface area contributed by atoms with Crippen molar-refractivity contribution in [3.63, 3.8) is 0 Å². The Morgan fingerprint density at radius 2 is 1.90 bits per heavy atom. The van der Waals surface area contributed by atoms with Crippen LogP contribution in [-0.2, 0) is 4.79 Å². The van der Waals surface area contributed by atoms with Crippen LogP contribution in [0, 0.1) is 0 Å². The fourth-order valence-corrected chi connectivity index (χ4v) is 3.25. The number of para-hydroxylation sites is 1. The molecule has 3 aromatic rings. The fraction of sp³-hybridized carbons (Fsp3) is 0.286. The van der Waals surface area contributed by atoms with Crippen molar-refractivity contribution in [2.75, 3.05) is 37.9 Å². The van der Waals surface area contributed by atoms with Gasteiger partial charge in [0, 0.05) is 31.4 Å². The second-order valence-electron chi connectivity index (χ2n) is 6.35. The van der Waals surface area contributed by atoms with E-state index in [9.17, 15) is 4.79 Å². The Kier molecular flexibility index (Phi) is 7.52. The number of rotatable bonds is 10. The third-order valence-corrected chi connectivity index (χ3v) is 5.08. The molecule has 1 N–H and O–H groups in total. The number of carbonyl (C=O) groups is 1.